The molecule has 0 saturated carbocycles. The van der Waals surface area contributed by atoms with Crippen LogP contribution in [-0.4, -0.2) is 36.3 Å². The minimum Gasteiger partial charge on any atom is -0.392 e. The van der Waals surface area contributed by atoms with Crippen molar-refractivity contribution >= 4 is 5.82 Å². The van der Waals surface area contributed by atoms with Crippen molar-refractivity contribution in [2.75, 3.05) is 25.5 Å². The van der Waals surface area contributed by atoms with Gasteiger partial charge in [-0.1, -0.05) is 13.0 Å². The molecule has 0 aliphatic rings. The summed E-state index contributed by atoms with van der Waals surface area (Å²) in [7, 11) is 1.92. The molecular weight excluding hydrogens is 238 g/mol. The summed E-state index contributed by atoms with van der Waals surface area (Å²) in [6.07, 6.45) is 3.98. The van der Waals surface area contributed by atoms with E-state index in [0.29, 0.717) is 6.54 Å². The van der Waals surface area contributed by atoms with Crippen LogP contribution in [0.25, 0.3) is 0 Å². The van der Waals surface area contributed by atoms with E-state index < -0.39 is 0 Å². The van der Waals surface area contributed by atoms with Gasteiger partial charge in [0.25, 0.3) is 0 Å². The van der Waals surface area contributed by atoms with E-state index in [-0.39, 0.29) is 6.10 Å². The molecule has 1 heterocycles. The van der Waals surface area contributed by atoms with E-state index in [9.17, 15) is 0 Å². The number of unbranched alkanes of at least 4 members (excludes halogenated alkanes) is 1. The van der Waals surface area contributed by atoms with Crippen LogP contribution in [0, 0.1) is 0 Å². The van der Waals surface area contributed by atoms with Gasteiger partial charge in [-0.15, -0.1) is 0 Å². The second kappa shape index (κ2) is 8.88. The predicted octanol–water partition coefficient (Wildman–Crippen LogP) is 1.98. The summed E-state index contributed by atoms with van der Waals surface area (Å²) in [4.78, 5) is 4.64. The zero-order valence-electron chi connectivity index (χ0n) is 12.4. The number of pyridine rings is 1. The fourth-order valence-corrected chi connectivity index (χ4v) is 2.04. The van der Waals surface area contributed by atoms with Crippen molar-refractivity contribution in [2.45, 2.75) is 45.6 Å². The van der Waals surface area contributed by atoms with Crippen LogP contribution < -0.4 is 10.6 Å². The molecule has 0 amide bonds. The Labute approximate surface area is 116 Å². The Balaban J connectivity index is 2.29. The number of nitrogens with zero attached hydrogens (tertiary/aromatic N) is 1. The monoisotopic (exact) mass is 265 g/mol. The van der Waals surface area contributed by atoms with Gasteiger partial charge < -0.3 is 15.7 Å². The van der Waals surface area contributed by atoms with Gasteiger partial charge in [0, 0.05) is 19.3 Å². The van der Waals surface area contributed by atoms with Crippen LogP contribution in [0.5, 0.6) is 0 Å². The first kappa shape index (κ1) is 15.9. The van der Waals surface area contributed by atoms with E-state index in [2.05, 4.69) is 34.7 Å². The minimum atomic E-state index is -0.263. The van der Waals surface area contributed by atoms with Gasteiger partial charge in [0.2, 0.25) is 0 Å². The SMILES string of the molecule is CCc1ccc(CCCCNCC(C)O)nc1NC. The van der Waals surface area contributed by atoms with Crippen LogP contribution in [0.3, 0.4) is 0 Å². The van der Waals surface area contributed by atoms with Gasteiger partial charge in [0.05, 0.1) is 6.10 Å². The summed E-state index contributed by atoms with van der Waals surface area (Å²) in [6, 6.07) is 4.29. The molecule has 1 aromatic heterocycles. The fourth-order valence-electron chi connectivity index (χ4n) is 2.04. The number of hydrogen-bond donors (Lipinski definition) is 3. The highest BCUT2D eigenvalue weighted by molar-refractivity contribution is 5.44. The van der Waals surface area contributed by atoms with Gasteiger partial charge in [-0.2, -0.15) is 0 Å². The van der Waals surface area contributed by atoms with Gasteiger partial charge in [0.15, 0.2) is 0 Å². The summed E-state index contributed by atoms with van der Waals surface area (Å²) >= 11 is 0. The van der Waals surface area contributed by atoms with Crippen molar-refractivity contribution in [1.29, 1.82) is 0 Å². The minimum absolute atomic E-state index is 0.263. The number of aryl methyl sites for hydroxylation is 2. The van der Waals surface area contributed by atoms with Crippen molar-refractivity contribution in [2.24, 2.45) is 0 Å². The third-order valence-corrected chi connectivity index (χ3v) is 3.13. The molecule has 4 nitrogen and oxygen atoms in total. The van der Waals surface area contributed by atoms with E-state index >= 15 is 0 Å². The normalized spacial score (nSPS) is 12.4. The lowest BCUT2D eigenvalue weighted by Crippen LogP contribution is -2.25. The molecule has 3 N–H and O–H groups in total. The molecule has 1 aromatic rings. The van der Waals surface area contributed by atoms with Crippen molar-refractivity contribution in [1.82, 2.24) is 10.3 Å². The molecule has 19 heavy (non-hydrogen) atoms. The number of nitrogens with one attached hydrogen (secondary N) is 2. The zero-order chi connectivity index (χ0) is 14.1. The van der Waals surface area contributed by atoms with E-state index in [1.54, 1.807) is 6.92 Å². The topological polar surface area (TPSA) is 57.2 Å². The number of rotatable bonds is 9. The summed E-state index contributed by atoms with van der Waals surface area (Å²) < 4.78 is 0. The molecule has 0 aliphatic heterocycles. The van der Waals surface area contributed by atoms with Gasteiger partial charge in [-0.3, -0.25) is 0 Å². The number of hydrogen-bond acceptors (Lipinski definition) is 4. The van der Waals surface area contributed by atoms with Crippen molar-refractivity contribution < 1.29 is 5.11 Å². The smallest absolute Gasteiger partial charge is 0.129 e. The molecular formula is C15H27N3O. The van der Waals surface area contributed by atoms with E-state index in [1.807, 2.05) is 7.05 Å². The molecule has 0 aromatic carbocycles. The van der Waals surface area contributed by atoms with Gasteiger partial charge in [-0.05, 0) is 50.8 Å². The average molecular weight is 265 g/mol. The van der Waals surface area contributed by atoms with Crippen LogP contribution >= 0.6 is 0 Å². The summed E-state index contributed by atoms with van der Waals surface area (Å²) in [5.74, 6) is 1.01. The quantitative estimate of drug-likeness (QED) is 0.598. The predicted molar refractivity (Wildman–Crippen MR) is 80.7 cm³/mol. The average Bonchev–Trinajstić information content (AvgIpc) is 2.42. The molecule has 4 heteroatoms. The first-order chi connectivity index (χ1) is 9.17. The second-order valence-corrected chi connectivity index (χ2v) is 4.92. The Morgan fingerprint density at radius 3 is 2.74 bits per heavy atom. The van der Waals surface area contributed by atoms with Crippen molar-refractivity contribution in [3.05, 3.63) is 23.4 Å². The second-order valence-electron chi connectivity index (χ2n) is 4.92. The first-order valence-electron chi connectivity index (χ1n) is 7.22. The summed E-state index contributed by atoms with van der Waals surface area (Å²) in [5, 5.41) is 15.5. The molecule has 0 bridgehead atoms. The number of aliphatic hydroxyl groups excluding tert-OH is 1. The molecule has 0 spiro atoms. The molecule has 1 unspecified atom stereocenters. The lowest BCUT2D eigenvalue weighted by molar-refractivity contribution is 0.191. The Bertz CT molecular complexity index is 366. The Hall–Kier alpha value is -1.13. The maximum absolute atomic E-state index is 9.11. The standard InChI is InChI=1S/C15H27N3O/c1-4-13-8-9-14(18-15(13)16-3)7-5-6-10-17-11-12(2)19/h8-9,12,17,19H,4-7,10-11H2,1-3H3,(H,16,18). The van der Waals surface area contributed by atoms with E-state index in [0.717, 1.165) is 43.7 Å². The molecule has 0 radical (unpaired) electrons. The molecule has 1 atom stereocenters. The largest absolute Gasteiger partial charge is 0.392 e. The number of anilines is 1. The highest BCUT2D eigenvalue weighted by Gasteiger charge is 2.02. The number of aromatic nitrogens is 1. The summed E-state index contributed by atoms with van der Waals surface area (Å²) in [6.45, 7) is 5.57. The molecule has 0 fully saturated rings. The maximum atomic E-state index is 9.11. The third kappa shape index (κ3) is 6.03. The van der Waals surface area contributed by atoms with Crippen LogP contribution in [0.1, 0.15) is 37.9 Å². The maximum Gasteiger partial charge on any atom is 0.129 e. The Morgan fingerprint density at radius 2 is 2.11 bits per heavy atom. The van der Waals surface area contributed by atoms with Crippen LogP contribution in [0.4, 0.5) is 5.82 Å². The van der Waals surface area contributed by atoms with Crippen molar-refractivity contribution in [3.63, 3.8) is 0 Å². The fraction of sp³-hybridized carbons (Fsp3) is 0.667. The zero-order valence-corrected chi connectivity index (χ0v) is 12.4. The van der Waals surface area contributed by atoms with E-state index in [4.69, 9.17) is 5.11 Å². The first-order valence-corrected chi connectivity index (χ1v) is 7.22. The Morgan fingerprint density at radius 1 is 1.32 bits per heavy atom. The highest BCUT2D eigenvalue weighted by atomic mass is 16.3. The lowest BCUT2D eigenvalue weighted by Gasteiger charge is -2.09. The molecule has 1 rings (SSSR count). The van der Waals surface area contributed by atoms with Crippen LogP contribution in [0.2, 0.25) is 0 Å². The molecule has 108 valence electrons. The third-order valence-electron chi connectivity index (χ3n) is 3.13. The number of aliphatic hydroxyl groups is 1. The van der Waals surface area contributed by atoms with E-state index in [1.165, 1.54) is 5.56 Å². The lowest BCUT2D eigenvalue weighted by atomic mass is 10.1. The van der Waals surface area contributed by atoms with Gasteiger partial charge in [0.1, 0.15) is 5.82 Å². The highest BCUT2D eigenvalue weighted by Crippen LogP contribution is 2.14. The van der Waals surface area contributed by atoms with Gasteiger partial charge in [-0.25, -0.2) is 4.98 Å². The van der Waals surface area contributed by atoms with Crippen LogP contribution in [0.15, 0.2) is 12.1 Å². The Kier molecular flexibility index (Phi) is 7.45. The van der Waals surface area contributed by atoms with Gasteiger partial charge >= 0.3 is 0 Å². The summed E-state index contributed by atoms with van der Waals surface area (Å²) in [5.41, 5.74) is 2.42. The molecule has 0 saturated heterocycles. The molecule has 0 aliphatic carbocycles. The van der Waals surface area contributed by atoms with Crippen molar-refractivity contribution in [3.8, 4) is 0 Å². The van der Waals surface area contributed by atoms with Crippen LogP contribution in [-0.2, 0) is 12.8 Å².